The summed E-state index contributed by atoms with van der Waals surface area (Å²) in [5.41, 5.74) is 1.00. The Morgan fingerprint density at radius 3 is 2.80 bits per heavy atom. The van der Waals surface area contributed by atoms with E-state index in [1.54, 1.807) is 0 Å². The average Bonchev–Trinajstić information content (AvgIpc) is 3.24. The van der Waals surface area contributed by atoms with Crippen molar-refractivity contribution in [1.29, 1.82) is 0 Å². The molecule has 1 N–H and O–H groups in total. The second-order valence-electron chi connectivity index (χ2n) is 6.39. The largest absolute Gasteiger partial charge is 0.473 e. The summed E-state index contributed by atoms with van der Waals surface area (Å²) < 4.78 is 34.7. The van der Waals surface area contributed by atoms with Crippen LogP contribution < -0.4 is 10.1 Å². The Bertz CT molecular complexity index is 702. The molecule has 0 saturated heterocycles. The molecule has 0 atom stereocenters. The van der Waals surface area contributed by atoms with Gasteiger partial charge < -0.3 is 4.74 Å². The van der Waals surface area contributed by atoms with Crippen LogP contribution in [-0.4, -0.2) is 15.8 Å². The van der Waals surface area contributed by atoms with Gasteiger partial charge in [-0.3, -0.25) is 5.32 Å². The molecular weight excluding hydrogens is 348 g/mol. The van der Waals surface area contributed by atoms with Gasteiger partial charge in [-0.2, -0.15) is 5.10 Å². The second-order valence-corrected chi connectivity index (χ2v) is 6.66. The quantitative estimate of drug-likeness (QED) is 0.559. The van der Waals surface area contributed by atoms with Gasteiger partial charge in [-0.1, -0.05) is 12.8 Å². The molecule has 0 amide bonds. The summed E-state index contributed by atoms with van der Waals surface area (Å²) in [6.07, 6.45) is 4.87. The van der Waals surface area contributed by atoms with Crippen molar-refractivity contribution in [2.24, 2.45) is 5.92 Å². The summed E-state index contributed by atoms with van der Waals surface area (Å²) in [5.74, 6) is 0.197. The van der Waals surface area contributed by atoms with E-state index < -0.39 is 11.6 Å². The topological polar surface area (TPSA) is 39.1 Å². The molecule has 0 aliphatic heterocycles. The maximum atomic E-state index is 13.8. The van der Waals surface area contributed by atoms with Crippen LogP contribution in [0.25, 0.3) is 0 Å². The van der Waals surface area contributed by atoms with Crippen LogP contribution >= 0.6 is 11.6 Å². The molecule has 1 saturated carbocycles. The van der Waals surface area contributed by atoms with Gasteiger partial charge in [0.05, 0.1) is 11.7 Å². The number of aromatic nitrogens is 2. The number of alkyl halides is 1. The first-order valence-corrected chi connectivity index (χ1v) is 9.09. The predicted octanol–water partition coefficient (Wildman–Crippen LogP) is 4.22. The lowest BCUT2D eigenvalue weighted by Gasteiger charge is -2.13. The van der Waals surface area contributed by atoms with Crippen LogP contribution in [0.5, 0.6) is 5.88 Å². The van der Waals surface area contributed by atoms with Crippen molar-refractivity contribution in [3.05, 3.63) is 47.2 Å². The van der Waals surface area contributed by atoms with Crippen LogP contribution in [0.1, 0.15) is 36.9 Å². The minimum absolute atomic E-state index is 0.0394. The van der Waals surface area contributed by atoms with E-state index in [-0.39, 0.29) is 12.2 Å². The van der Waals surface area contributed by atoms with E-state index in [0.717, 1.165) is 30.4 Å². The van der Waals surface area contributed by atoms with E-state index >= 15 is 0 Å². The molecule has 2 aromatic rings. The third kappa shape index (κ3) is 4.92. The first-order chi connectivity index (χ1) is 12.2. The molecule has 1 aliphatic carbocycles. The minimum Gasteiger partial charge on any atom is -0.473 e. The fourth-order valence-corrected chi connectivity index (χ4v) is 3.30. The number of ether oxygens (including phenoxy) is 1. The van der Waals surface area contributed by atoms with Gasteiger partial charge in [-0.05, 0) is 37.0 Å². The van der Waals surface area contributed by atoms with Crippen molar-refractivity contribution < 1.29 is 13.5 Å². The highest BCUT2D eigenvalue weighted by Gasteiger charge is 2.19. The maximum Gasteiger partial charge on any atom is 0.212 e. The number of hydrogen-bond acceptors (Lipinski definition) is 3. The van der Waals surface area contributed by atoms with Crippen LogP contribution in [0.3, 0.4) is 0 Å². The first kappa shape index (κ1) is 18.1. The molecule has 1 aromatic heterocycles. The van der Waals surface area contributed by atoms with Crippen molar-refractivity contribution in [3.8, 4) is 5.88 Å². The molecule has 7 heteroatoms. The lowest BCUT2D eigenvalue weighted by Crippen LogP contribution is -2.13. The lowest BCUT2D eigenvalue weighted by molar-refractivity contribution is 0.257. The zero-order chi connectivity index (χ0) is 17.6. The fourth-order valence-electron chi connectivity index (χ4n) is 3.20. The number of rotatable bonds is 8. The van der Waals surface area contributed by atoms with Crippen LogP contribution in [-0.2, 0) is 19.7 Å². The van der Waals surface area contributed by atoms with Gasteiger partial charge in [0.1, 0.15) is 18.2 Å². The molecular formula is C18H22ClF2N3O. The molecule has 1 aromatic carbocycles. The zero-order valence-corrected chi connectivity index (χ0v) is 14.7. The molecule has 0 radical (unpaired) electrons. The summed E-state index contributed by atoms with van der Waals surface area (Å²) in [4.78, 5) is 0. The van der Waals surface area contributed by atoms with E-state index in [1.807, 2.05) is 10.7 Å². The van der Waals surface area contributed by atoms with Crippen molar-refractivity contribution in [2.75, 3.05) is 6.00 Å². The second kappa shape index (κ2) is 8.63. The molecule has 1 fully saturated rings. The van der Waals surface area contributed by atoms with E-state index in [9.17, 15) is 8.78 Å². The van der Waals surface area contributed by atoms with Gasteiger partial charge in [-0.15, -0.1) is 11.6 Å². The number of nitrogens with one attached hydrogen (secondary N) is 1. The minimum atomic E-state index is -0.480. The third-order valence-corrected chi connectivity index (χ3v) is 4.67. The normalized spacial score (nSPS) is 15.0. The average molecular weight is 370 g/mol. The molecule has 0 unspecified atom stereocenters. The Labute approximate surface area is 151 Å². The molecule has 1 heterocycles. The van der Waals surface area contributed by atoms with E-state index in [2.05, 4.69) is 10.4 Å². The van der Waals surface area contributed by atoms with E-state index in [4.69, 9.17) is 16.3 Å². The van der Waals surface area contributed by atoms with Crippen LogP contribution in [0.15, 0.2) is 24.3 Å². The predicted molar refractivity (Wildman–Crippen MR) is 92.4 cm³/mol. The number of halogens is 3. The Morgan fingerprint density at radius 1 is 1.24 bits per heavy atom. The van der Waals surface area contributed by atoms with Crippen molar-refractivity contribution in [1.82, 2.24) is 15.1 Å². The molecule has 4 nitrogen and oxygen atoms in total. The van der Waals surface area contributed by atoms with Crippen LogP contribution in [0.4, 0.5) is 8.78 Å². The van der Waals surface area contributed by atoms with Gasteiger partial charge in [0.2, 0.25) is 5.88 Å². The van der Waals surface area contributed by atoms with Gasteiger partial charge >= 0.3 is 0 Å². The van der Waals surface area contributed by atoms with Gasteiger partial charge in [0, 0.05) is 24.7 Å². The molecule has 136 valence electrons. The van der Waals surface area contributed by atoms with Gasteiger partial charge in [-0.25, -0.2) is 13.5 Å². The Kier molecular flexibility index (Phi) is 6.26. The van der Waals surface area contributed by atoms with Crippen molar-refractivity contribution in [2.45, 2.75) is 45.4 Å². The number of benzene rings is 1. The zero-order valence-electron chi connectivity index (χ0n) is 14.0. The SMILES string of the molecule is Fc1ccc(F)c(COc2cc(CNCCl)nn2CC2CCCC2)c1. The summed E-state index contributed by atoms with van der Waals surface area (Å²) in [7, 11) is 0. The maximum absolute atomic E-state index is 13.8. The fraction of sp³-hybridized carbons (Fsp3) is 0.500. The molecule has 25 heavy (non-hydrogen) atoms. The summed E-state index contributed by atoms with van der Waals surface area (Å²) in [6.45, 7) is 1.27. The van der Waals surface area contributed by atoms with E-state index in [0.29, 0.717) is 24.3 Å². The van der Waals surface area contributed by atoms with Crippen molar-refractivity contribution >= 4 is 11.6 Å². The van der Waals surface area contributed by atoms with Crippen molar-refractivity contribution in [3.63, 3.8) is 0 Å². The smallest absolute Gasteiger partial charge is 0.212 e. The molecule has 1 aliphatic rings. The monoisotopic (exact) mass is 369 g/mol. The summed E-state index contributed by atoms with van der Waals surface area (Å²) in [5, 5.41) is 7.58. The highest BCUT2D eigenvalue weighted by Crippen LogP contribution is 2.28. The molecule has 0 spiro atoms. The summed E-state index contributed by atoms with van der Waals surface area (Å²) in [6, 6.07) is 5.52. The Morgan fingerprint density at radius 2 is 2.04 bits per heavy atom. The standard InChI is InChI=1S/C18H22ClF2N3O/c19-12-22-9-16-8-18(24(23-16)10-13-3-1-2-4-13)25-11-14-7-15(20)5-6-17(14)21/h5-8,13,22H,1-4,9-12H2. The molecule has 3 rings (SSSR count). The number of nitrogens with zero attached hydrogens (tertiary/aromatic N) is 2. The Balaban J connectivity index is 1.72. The summed E-state index contributed by atoms with van der Waals surface area (Å²) >= 11 is 5.65. The first-order valence-electron chi connectivity index (χ1n) is 8.56. The van der Waals surface area contributed by atoms with Gasteiger partial charge in [0.15, 0.2) is 0 Å². The van der Waals surface area contributed by atoms with Crippen LogP contribution in [0, 0.1) is 17.6 Å². The highest BCUT2D eigenvalue weighted by molar-refractivity contribution is 6.17. The highest BCUT2D eigenvalue weighted by atomic mass is 35.5. The lowest BCUT2D eigenvalue weighted by atomic mass is 10.1. The van der Waals surface area contributed by atoms with Gasteiger partial charge in [0.25, 0.3) is 0 Å². The van der Waals surface area contributed by atoms with Crippen LogP contribution in [0.2, 0.25) is 0 Å². The van der Waals surface area contributed by atoms with E-state index in [1.165, 1.54) is 25.7 Å². The molecule has 0 bridgehead atoms. The third-order valence-electron chi connectivity index (χ3n) is 4.48. The number of hydrogen-bond donors (Lipinski definition) is 1. The Hall–Kier alpha value is -1.66.